The van der Waals surface area contributed by atoms with E-state index < -0.39 is 0 Å². The highest BCUT2D eigenvalue weighted by molar-refractivity contribution is 6.20. The minimum absolute atomic E-state index is 0.161. The van der Waals surface area contributed by atoms with Crippen molar-refractivity contribution in [2.75, 3.05) is 13.7 Å². The number of hydrogen-bond donors (Lipinski definition) is 0. The van der Waals surface area contributed by atoms with E-state index in [9.17, 15) is 4.79 Å². The summed E-state index contributed by atoms with van der Waals surface area (Å²) in [4.78, 5) is 11.2. The zero-order valence-electron chi connectivity index (χ0n) is 10.8. The average molecular weight is 271 g/mol. The molecular weight excluding hydrogens is 252 g/mol. The van der Waals surface area contributed by atoms with Crippen LogP contribution in [0.25, 0.3) is 0 Å². The Bertz CT molecular complexity index is 362. The number of methoxy groups -OCH3 is 1. The maximum Gasteiger partial charge on any atom is 0.305 e. The Kier molecular flexibility index (Phi) is 6.76. The topological polar surface area (TPSA) is 35.5 Å². The van der Waals surface area contributed by atoms with Gasteiger partial charge in [0.05, 0.1) is 18.6 Å². The van der Waals surface area contributed by atoms with Gasteiger partial charge in [0.25, 0.3) is 0 Å². The number of carbonyl (C=O) groups excluding carboxylic acids is 1. The smallest absolute Gasteiger partial charge is 0.305 e. The van der Waals surface area contributed by atoms with Crippen molar-refractivity contribution < 1.29 is 14.3 Å². The molecule has 0 saturated carbocycles. The van der Waals surface area contributed by atoms with Crippen LogP contribution in [0.15, 0.2) is 24.3 Å². The van der Waals surface area contributed by atoms with Gasteiger partial charge in [-0.3, -0.25) is 4.79 Å². The number of hydrogen-bond acceptors (Lipinski definition) is 3. The summed E-state index contributed by atoms with van der Waals surface area (Å²) in [7, 11) is 1.66. The number of alkyl halides is 1. The molecule has 3 nitrogen and oxygen atoms in total. The Hall–Kier alpha value is -1.06. The Morgan fingerprint density at radius 2 is 2.00 bits per heavy atom. The van der Waals surface area contributed by atoms with Crippen molar-refractivity contribution in [1.29, 1.82) is 0 Å². The number of halogens is 1. The van der Waals surface area contributed by atoms with E-state index >= 15 is 0 Å². The summed E-state index contributed by atoms with van der Waals surface area (Å²) < 4.78 is 9.91. The number of rotatable bonds is 7. The molecule has 0 aromatic heterocycles. The largest absolute Gasteiger partial charge is 0.466 e. The molecule has 1 unspecified atom stereocenters. The standard InChI is InChI=1S/C14H19ClO3/c1-3-18-14(16)9-8-13(15)12-6-4-11(5-7-12)10-17-2/h4-7,13H,3,8-10H2,1-2H3. The van der Waals surface area contributed by atoms with Gasteiger partial charge in [0.15, 0.2) is 0 Å². The summed E-state index contributed by atoms with van der Waals surface area (Å²) >= 11 is 6.24. The van der Waals surface area contributed by atoms with E-state index in [1.807, 2.05) is 24.3 Å². The van der Waals surface area contributed by atoms with Crippen molar-refractivity contribution in [1.82, 2.24) is 0 Å². The summed E-state index contributed by atoms with van der Waals surface area (Å²) in [6.07, 6.45) is 0.936. The van der Waals surface area contributed by atoms with Gasteiger partial charge in [-0.25, -0.2) is 0 Å². The van der Waals surface area contributed by atoms with Gasteiger partial charge in [0, 0.05) is 13.5 Å². The van der Waals surface area contributed by atoms with Gasteiger partial charge in [-0.05, 0) is 24.5 Å². The van der Waals surface area contributed by atoms with Gasteiger partial charge in [-0.2, -0.15) is 0 Å². The molecule has 4 heteroatoms. The van der Waals surface area contributed by atoms with Crippen molar-refractivity contribution in [3.63, 3.8) is 0 Å². The lowest BCUT2D eigenvalue weighted by Gasteiger charge is -2.10. The molecular formula is C14H19ClO3. The van der Waals surface area contributed by atoms with Gasteiger partial charge < -0.3 is 9.47 Å². The van der Waals surface area contributed by atoms with Gasteiger partial charge in [-0.1, -0.05) is 24.3 Å². The Morgan fingerprint density at radius 3 is 2.56 bits per heavy atom. The van der Waals surface area contributed by atoms with Crippen LogP contribution in [0.2, 0.25) is 0 Å². The van der Waals surface area contributed by atoms with Crippen molar-refractivity contribution in [3.8, 4) is 0 Å². The number of carbonyl (C=O) groups is 1. The highest BCUT2D eigenvalue weighted by Crippen LogP contribution is 2.26. The van der Waals surface area contributed by atoms with Gasteiger partial charge in [0.1, 0.15) is 0 Å². The number of ether oxygens (including phenoxy) is 2. The van der Waals surface area contributed by atoms with Crippen molar-refractivity contribution >= 4 is 17.6 Å². The molecule has 0 bridgehead atoms. The third kappa shape index (κ3) is 5.07. The minimum Gasteiger partial charge on any atom is -0.466 e. The molecule has 0 spiro atoms. The Morgan fingerprint density at radius 1 is 1.33 bits per heavy atom. The molecule has 0 saturated heterocycles. The highest BCUT2D eigenvalue weighted by atomic mass is 35.5. The van der Waals surface area contributed by atoms with E-state index in [1.54, 1.807) is 14.0 Å². The summed E-state index contributed by atoms with van der Waals surface area (Å²) in [5.74, 6) is -0.195. The zero-order valence-corrected chi connectivity index (χ0v) is 11.6. The van der Waals surface area contributed by atoms with Crippen LogP contribution in [-0.2, 0) is 20.9 Å². The van der Waals surface area contributed by atoms with Crippen molar-refractivity contribution in [3.05, 3.63) is 35.4 Å². The fourth-order valence-electron chi connectivity index (χ4n) is 1.63. The van der Waals surface area contributed by atoms with E-state index in [1.165, 1.54) is 0 Å². The quantitative estimate of drug-likeness (QED) is 0.562. The van der Waals surface area contributed by atoms with Crippen molar-refractivity contribution in [2.24, 2.45) is 0 Å². The third-order valence-corrected chi connectivity index (χ3v) is 3.03. The number of esters is 1. The molecule has 18 heavy (non-hydrogen) atoms. The predicted molar refractivity (Wildman–Crippen MR) is 71.6 cm³/mol. The first-order chi connectivity index (χ1) is 8.67. The lowest BCUT2D eigenvalue weighted by molar-refractivity contribution is -0.143. The second-order valence-electron chi connectivity index (χ2n) is 3.99. The van der Waals surface area contributed by atoms with Crippen LogP contribution in [0.3, 0.4) is 0 Å². The first-order valence-corrected chi connectivity index (χ1v) is 6.48. The van der Waals surface area contributed by atoms with E-state index in [2.05, 4.69) is 0 Å². The minimum atomic E-state index is -0.195. The van der Waals surface area contributed by atoms with Crippen molar-refractivity contribution in [2.45, 2.75) is 31.7 Å². The fraction of sp³-hybridized carbons (Fsp3) is 0.500. The maximum atomic E-state index is 11.2. The van der Waals surface area contributed by atoms with Crippen LogP contribution in [0.4, 0.5) is 0 Å². The van der Waals surface area contributed by atoms with E-state index in [0.717, 1.165) is 11.1 Å². The van der Waals surface area contributed by atoms with Crippen LogP contribution in [0, 0.1) is 0 Å². The second-order valence-corrected chi connectivity index (χ2v) is 4.51. The Balaban J connectivity index is 2.45. The highest BCUT2D eigenvalue weighted by Gasteiger charge is 2.11. The van der Waals surface area contributed by atoms with Crippen LogP contribution in [0.1, 0.15) is 36.3 Å². The van der Waals surface area contributed by atoms with E-state index in [-0.39, 0.29) is 11.3 Å². The van der Waals surface area contributed by atoms with Crippen LogP contribution >= 0.6 is 11.6 Å². The Labute approximate surface area is 113 Å². The molecule has 0 heterocycles. The lowest BCUT2D eigenvalue weighted by Crippen LogP contribution is -2.05. The molecule has 0 amide bonds. The average Bonchev–Trinajstić information content (AvgIpc) is 2.37. The van der Waals surface area contributed by atoms with Gasteiger partial charge >= 0.3 is 5.97 Å². The molecule has 1 aromatic carbocycles. The van der Waals surface area contributed by atoms with Gasteiger partial charge in [-0.15, -0.1) is 11.6 Å². The molecule has 0 aliphatic rings. The van der Waals surface area contributed by atoms with E-state index in [4.69, 9.17) is 21.1 Å². The summed E-state index contributed by atoms with van der Waals surface area (Å²) in [6, 6.07) is 7.91. The molecule has 1 aromatic rings. The third-order valence-electron chi connectivity index (χ3n) is 2.56. The maximum absolute atomic E-state index is 11.2. The molecule has 100 valence electrons. The second kappa shape index (κ2) is 8.11. The van der Waals surface area contributed by atoms with Gasteiger partial charge in [0.2, 0.25) is 0 Å². The monoisotopic (exact) mass is 270 g/mol. The number of benzene rings is 1. The first kappa shape index (κ1) is 15.0. The normalized spacial score (nSPS) is 12.2. The van der Waals surface area contributed by atoms with Crippen LogP contribution in [-0.4, -0.2) is 19.7 Å². The molecule has 0 N–H and O–H groups in total. The molecule has 1 atom stereocenters. The molecule has 0 aliphatic heterocycles. The summed E-state index contributed by atoms with van der Waals surface area (Å²) in [5.41, 5.74) is 2.12. The molecule has 0 fully saturated rings. The molecule has 0 radical (unpaired) electrons. The predicted octanol–water partition coefficient (Wildman–Crippen LogP) is 3.46. The molecule has 1 rings (SSSR count). The SMILES string of the molecule is CCOC(=O)CCC(Cl)c1ccc(COC)cc1. The summed E-state index contributed by atoms with van der Waals surface area (Å²) in [5, 5.41) is -0.161. The van der Waals surface area contributed by atoms with Crippen LogP contribution in [0.5, 0.6) is 0 Å². The van der Waals surface area contributed by atoms with Crippen LogP contribution < -0.4 is 0 Å². The summed E-state index contributed by atoms with van der Waals surface area (Å²) in [6.45, 7) is 2.80. The van der Waals surface area contributed by atoms with E-state index in [0.29, 0.717) is 26.1 Å². The molecule has 0 aliphatic carbocycles. The lowest BCUT2D eigenvalue weighted by atomic mass is 10.1. The zero-order chi connectivity index (χ0) is 13.4. The first-order valence-electron chi connectivity index (χ1n) is 6.04. The fourth-order valence-corrected chi connectivity index (χ4v) is 1.89.